The maximum absolute atomic E-state index is 14.4. The monoisotopic (exact) mass is 874 g/mol. The summed E-state index contributed by atoms with van der Waals surface area (Å²) in [6, 6.07) is 48.2. The molecule has 6 aromatic carbocycles. The average molecular weight is 874 g/mol. The molecule has 1 radical (unpaired) electrons. The third-order valence-electron chi connectivity index (χ3n) is 8.76. The van der Waals surface area contributed by atoms with Gasteiger partial charge in [0.25, 0.3) is 0 Å². The molecule has 4 nitrogen and oxygen atoms in total. The fourth-order valence-electron chi connectivity index (χ4n) is 6.37. The van der Waals surface area contributed by atoms with Crippen LogP contribution >= 0.6 is 0 Å². The number of fused-ring (bicyclic) bond motifs is 2. The zero-order valence-electron chi connectivity index (χ0n) is 34.4. The van der Waals surface area contributed by atoms with E-state index in [9.17, 15) is 4.39 Å². The van der Waals surface area contributed by atoms with Crippen molar-refractivity contribution in [2.24, 2.45) is 0 Å². The van der Waals surface area contributed by atoms with Gasteiger partial charge < -0.3 is 14.0 Å². The van der Waals surface area contributed by atoms with Gasteiger partial charge in [0.1, 0.15) is 5.82 Å². The van der Waals surface area contributed by atoms with Gasteiger partial charge in [-0.1, -0.05) is 115 Å². The normalized spacial score (nSPS) is 13.0. The molecule has 0 fully saturated rings. The zero-order valence-corrected chi connectivity index (χ0v) is 30.8. The Morgan fingerprint density at radius 1 is 0.717 bits per heavy atom. The molecular formula is C47H34FIrN3O-2. The van der Waals surface area contributed by atoms with E-state index in [1.165, 1.54) is 36.5 Å². The number of halogens is 1. The molecule has 0 aliphatic rings. The number of aromatic nitrogens is 3. The Bertz CT molecular complexity index is 2760. The maximum Gasteiger partial charge on any atom is 0.113 e. The summed E-state index contributed by atoms with van der Waals surface area (Å²) >= 11 is 0. The van der Waals surface area contributed by atoms with Crippen LogP contribution in [0.5, 0.6) is 0 Å². The maximum atomic E-state index is 14.4. The Balaban J connectivity index is 0.000000214. The molecule has 0 spiro atoms. The number of benzene rings is 6. The second-order valence-corrected chi connectivity index (χ2v) is 12.3. The minimum absolute atomic E-state index is 0. The topological polar surface area (TPSA) is 43.9 Å². The molecular weight excluding hydrogens is 834 g/mol. The van der Waals surface area contributed by atoms with Gasteiger partial charge in [-0.2, -0.15) is 0 Å². The van der Waals surface area contributed by atoms with Gasteiger partial charge in [-0.05, 0) is 72.1 Å². The summed E-state index contributed by atoms with van der Waals surface area (Å²) in [7, 11) is 0. The van der Waals surface area contributed by atoms with Crippen molar-refractivity contribution in [1.82, 2.24) is 14.5 Å². The molecule has 53 heavy (non-hydrogen) atoms. The van der Waals surface area contributed by atoms with E-state index >= 15 is 0 Å². The fraction of sp³-hybridized carbons (Fsp3) is 0.0638. The molecule has 0 saturated heterocycles. The standard InChI is InChI=1S/C34H22FN2O.C13H12N.Ir/c1-22-18-26(23-10-4-2-5-11-23)33(27(19-22)24-12-6-3-7-13-24)37-31-15-9-8-14-30(31)36-34(37)29-21-38-32-17-16-25(35)20-28(29)32;1-10-3-6-12(7-4-10)13-8-5-11(2)9-14-13;/h2-20H,1H3;3-6,8-9H,1-2H3;/q2*-1;/i;1D3,2D3;. The van der Waals surface area contributed by atoms with Crippen LogP contribution < -0.4 is 0 Å². The van der Waals surface area contributed by atoms with Crippen LogP contribution in [0.2, 0.25) is 0 Å². The van der Waals surface area contributed by atoms with Crippen LogP contribution in [0.1, 0.15) is 24.9 Å². The summed E-state index contributed by atoms with van der Waals surface area (Å²) in [6.07, 6.45) is 4.33. The van der Waals surface area contributed by atoms with Gasteiger partial charge >= 0.3 is 0 Å². The molecule has 3 aromatic heterocycles. The molecule has 0 unspecified atom stereocenters. The van der Waals surface area contributed by atoms with Crippen LogP contribution in [-0.4, -0.2) is 14.5 Å². The first-order valence-corrected chi connectivity index (χ1v) is 16.7. The predicted octanol–water partition coefficient (Wildman–Crippen LogP) is 12.2. The number of rotatable bonds is 5. The molecule has 0 aliphatic heterocycles. The van der Waals surface area contributed by atoms with Crippen molar-refractivity contribution in [3.8, 4) is 50.6 Å². The molecule has 0 aliphatic carbocycles. The molecule has 261 valence electrons. The molecule has 0 saturated carbocycles. The number of nitrogens with zero attached hydrogens (tertiary/aromatic N) is 3. The van der Waals surface area contributed by atoms with E-state index in [-0.39, 0.29) is 37.0 Å². The van der Waals surface area contributed by atoms with Crippen LogP contribution in [0.4, 0.5) is 4.39 Å². The SMILES string of the molecule is Cc1cc(-c2ccccc2)c(-n2c(-c3[c-]oc4ccc(F)cc34)nc3ccccc32)c(-c2ccccc2)c1.[2H]C([2H])([2H])c1c[c-]c(-c2ccc(C([2H])([2H])[2H])cn2)cc1.[Ir]. The van der Waals surface area contributed by atoms with Gasteiger partial charge in [0.2, 0.25) is 0 Å². The number of imidazole rings is 1. The number of furan rings is 1. The van der Waals surface area contributed by atoms with Crippen molar-refractivity contribution in [3.05, 3.63) is 187 Å². The van der Waals surface area contributed by atoms with Crippen molar-refractivity contribution in [2.75, 3.05) is 0 Å². The van der Waals surface area contributed by atoms with Gasteiger partial charge in [0, 0.05) is 57.5 Å². The smallest absolute Gasteiger partial charge is 0.113 e. The number of hydrogen-bond donors (Lipinski definition) is 0. The van der Waals surface area contributed by atoms with E-state index in [1.54, 1.807) is 18.2 Å². The van der Waals surface area contributed by atoms with Crippen LogP contribution in [0, 0.1) is 38.8 Å². The van der Waals surface area contributed by atoms with E-state index < -0.39 is 13.7 Å². The Hall–Kier alpha value is -5.94. The molecule has 6 heteroatoms. The molecule has 0 N–H and O–H groups in total. The van der Waals surface area contributed by atoms with Gasteiger partial charge in [0.15, 0.2) is 0 Å². The van der Waals surface area contributed by atoms with Crippen molar-refractivity contribution in [3.63, 3.8) is 0 Å². The predicted molar refractivity (Wildman–Crippen MR) is 209 cm³/mol. The van der Waals surface area contributed by atoms with Crippen molar-refractivity contribution in [2.45, 2.75) is 20.6 Å². The minimum Gasteiger partial charge on any atom is -0.557 e. The average Bonchev–Trinajstić information content (AvgIpc) is 3.82. The van der Waals surface area contributed by atoms with Gasteiger partial charge in [0.05, 0.1) is 22.5 Å². The zero-order chi connectivity index (χ0) is 40.6. The van der Waals surface area contributed by atoms with Gasteiger partial charge in [-0.3, -0.25) is 4.98 Å². The van der Waals surface area contributed by atoms with Crippen LogP contribution in [0.25, 0.3) is 72.6 Å². The summed E-state index contributed by atoms with van der Waals surface area (Å²) in [6.45, 7) is -2.22. The summed E-state index contributed by atoms with van der Waals surface area (Å²) in [5, 5.41) is 0.635. The first kappa shape index (κ1) is 28.6. The van der Waals surface area contributed by atoms with Gasteiger partial charge in [-0.25, -0.2) is 4.39 Å². The molecule has 0 bridgehead atoms. The fourth-order valence-corrected chi connectivity index (χ4v) is 6.37. The van der Waals surface area contributed by atoms with E-state index in [1.807, 2.05) is 30.3 Å². The Morgan fingerprint density at radius 3 is 2.04 bits per heavy atom. The second kappa shape index (κ2) is 15.3. The Morgan fingerprint density at radius 2 is 1.40 bits per heavy atom. The Kier molecular flexibility index (Phi) is 8.29. The van der Waals surface area contributed by atoms with E-state index in [0.717, 1.165) is 44.5 Å². The first-order valence-electron chi connectivity index (χ1n) is 19.7. The van der Waals surface area contributed by atoms with Crippen LogP contribution in [-0.2, 0) is 20.1 Å². The van der Waals surface area contributed by atoms with Crippen molar-refractivity contribution >= 4 is 22.0 Å². The quantitative estimate of drug-likeness (QED) is 0.162. The summed E-state index contributed by atoms with van der Waals surface area (Å²) in [5.41, 5.74) is 11.0. The number of hydrogen-bond acceptors (Lipinski definition) is 3. The summed E-state index contributed by atoms with van der Waals surface area (Å²) in [5.74, 6) is 0.315. The van der Waals surface area contributed by atoms with Crippen LogP contribution in [0.15, 0.2) is 156 Å². The third kappa shape index (κ3) is 7.25. The molecule has 9 aromatic rings. The second-order valence-electron chi connectivity index (χ2n) is 12.3. The minimum atomic E-state index is -2.18. The molecule has 0 amide bonds. The largest absolute Gasteiger partial charge is 0.557 e. The van der Waals surface area contributed by atoms with Crippen molar-refractivity contribution < 1.29 is 37.1 Å². The third-order valence-corrected chi connectivity index (χ3v) is 8.76. The summed E-state index contributed by atoms with van der Waals surface area (Å²) < 4.78 is 65.9. The number of aryl methyl sites for hydroxylation is 3. The van der Waals surface area contributed by atoms with E-state index in [4.69, 9.17) is 17.6 Å². The summed E-state index contributed by atoms with van der Waals surface area (Å²) in [4.78, 5) is 9.13. The van der Waals surface area contributed by atoms with Crippen molar-refractivity contribution in [1.29, 1.82) is 0 Å². The van der Waals surface area contributed by atoms with Gasteiger partial charge in [-0.15, -0.1) is 35.4 Å². The molecule has 0 atom stereocenters. The van der Waals surface area contributed by atoms with Crippen LogP contribution in [0.3, 0.4) is 0 Å². The molecule has 3 heterocycles. The van der Waals surface area contributed by atoms with E-state index in [2.05, 4.69) is 95.5 Å². The number of para-hydroxylation sites is 2. The molecule has 9 rings (SSSR count). The number of pyridine rings is 1. The van der Waals surface area contributed by atoms with E-state index in [0.29, 0.717) is 33.6 Å². The first-order chi connectivity index (χ1) is 27.8. The Labute approximate surface area is 330 Å².